The van der Waals surface area contributed by atoms with Gasteiger partial charge in [0.25, 0.3) is 11.8 Å². The number of likely N-dealkylation sites (tertiary alicyclic amines) is 1. The first-order chi connectivity index (χ1) is 10.9. The van der Waals surface area contributed by atoms with Crippen LogP contribution in [0.5, 0.6) is 0 Å². The van der Waals surface area contributed by atoms with E-state index in [1.165, 1.54) is 6.92 Å². The number of hydrogen-bond acceptors (Lipinski definition) is 4. The highest BCUT2D eigenvalue weighted by Crippen LogP contribution is 2.21. The Balaban J connectivity index is 2.00. The van der Waals surface area contributed by atoms with Crippen LogP contribution in [0.1, 0.15) is 30.1 Å². The van der Waals surface area contributed by atoms with Crippen molar-refractivity contribution < 1.29 is 19.1 Å². The highest BCUT2D eigenvalue weighted by atomic mass is 35.5. The summed E-state index contributed by atoms with van der Waals surface area (Å²) in [6, 6.07) is 6.61. The van der Waals surface area contributed by atoms with Gasteiger partial charge in [-0.25, -0.2) is 0 Å². The molecule has 6 nitrogen and oxygen atoms in total. The van der Waals surface area contributed by atoms with Crippen molar-refractivity contribution in [2.24, 2.45) is 11.7 Å². The minimum Gasteiger partial charge on any atom is -0.452 e. The number of rotatable bonds is 4. The third-order valence-corrected chi connectivity index (χ3v) is 4.08. The van der Waals surface area contributed by atoms with Crippen molar-refractivity contribution >= 4 is 29.4 Å². The van der Waals surface area contributed by atoms with Crippen LogP contribution in [0.4, 0.5) is 0 Å². The Morgan fingerprint density at radius 3 is 2.57 bits per heavy atom. The van der Waals surface area contributed by atoms with Crippen molar-refractivity contribution in [2.45, 2.75) is 25.9 Å². The summed E-state index contributed by atoms with van der Waals surface area (Å²) in [6.07, 6.45) is 0.350. The van der Waals surface area contributed by atoms with Crippen LogP contribution in [0, 0.1) is 5.92 Å². The van der Waals surface area contributed by atoms with Gasteiger partial charge >= 0.3 is 5.97 Å². The molecule has 1 saturated heterocycles. The topological polar surface area (TPSA) is 89.7 Å². The molecule has 124 valence electrons. The van der Waals surface area contributed by atoms with Crippen LogP contribution < -0.4 is 5.73 Å². The van der Waals surface area contributed by atoms with Crippen molar-refractivity contribution in [3.05, 3.63) is 34.9 Å². The van der Waals surface area contributed by atoms with E-state index in [9.17, 15) is 14.4 Å². The summed E-state index contributed by atoms with van der Waals surface area (Å²) in [5, 5.41) is 0.557. The highest BCUT2D eigenvalue weighted by Gasteiger charge is 2.31. The molecular formula is C16H19ClN2O4. The van der Waals surface area contributed by atoms with Crippen molar-refractivity contribution in [2.75, 3.05) is 13.1 Å². The number of amides is 2. The molecule has 2 atom stereocenters. The number of carbonyl (C=O) groups excluding carboxylic acids is 3. The minimum absolute atomic E-state index is 0.151. The van der Waals surface area contributed by atoms with Crippen molar-refractivity contribution in [1.82, 2.24) is 4.90 Å². The van der Waals surface area contributed by atoms with Gasteiger partial charge in [-0.15, -0.1) is 0 Å². The molecule has 2 N–H and O–H groups in total. The molecular weight excluding hydrogens is 320 g/mol. The Kier molecular flexibility index (Phi) is 5.60. The average Bonchev–Trinajstić information content (AvgIpc) is 2.54. The molecule has 1 heterocycles. The Morgan fingerprint density at radius 1 is 1.30 bits per heavy atom. The number of piperidine rings is 1. The van der Waals surface area contributed by atoms with E-state index < -0.39 is 23.9 Å². The van der Waals surface area contributed by atoms with Crippen molar-refractivity contribution in [3.63, 3.8) is 0 Å². The van der Waals surface area contributed by atoms with Gasteiger partial charge in [-0.2, -0.15) is 0 Å². The molecule has 1 aromatic carbocycles. The van der Waals surface area contributed by atoms with E-state index in [1.54, 1.807) is 29.2 Å². The average molecular weight is 339 g/mol. The van der Waals surface area contributed by atoms with E-state index in [2.05, 4.69) is 0 Å². The van der Waals surface area contributed by atoms with Crippen molar-refractivity contribution in [1.29, 1.82) is 0 Å². The largest absolute Gasteiger partial charge is 0.452 e. The molecule has 0 unspecified atom stereocenters. The van der Waals surface area contributed by atoms with E-state index in [0.29, 0.717) is 30.0 Å². The van der Waals surface area contributed by atoms with E-state index in [4.69, 9.17) is 22.1 Å². The van der Waals surface area contributed by atoms with Gasteiger partial charge in [-0.1, -0.05) is 11.6 Å². The number of nitrogens with zero attached hydrogens (tertiary/aromatic N) is 1. The van der Waals surface area contributed by atoms with E-state index in [1.807, 2.05) is 0 Å². The van der Waals surface area contributed by atoms with Crippen LogP contribution in [0.15, 0.2) is 24.3 Å². The van der Waals surface area contributed by atoms with E-state index >= 15 is 0 Å². The summed E-state index contributed by atoms with van der Waals surface area (Å²) in [4.78, 5) is 37.1. The first-order valence-electron chi connectivity index (χ1n) is 7.43. The molecule has 2 amide bonds. The van der Waals surface area contributed by atoms with Crippen LogP contribution in [0.3, 0.4) is 0 Å². The molecule has 0 radical (unpaired) electrons. The molecule has 0 spiro atoms. The fourth-order valence-electron chi connectivity index (χ4n) is 2.46. The Bertz CT molecular complexity index is 603. The predicted octanol–water partition coefficient (Wildman–Crippen LogP) is 1.61. The van der Waals surface area contributed by atoms with Crippen LogP contribution in [0.2, 0.25) is 5.02 Å². The zero-order valence-electron chi connectivity index (χ0n) is 12.8. The highest BCUT2D eigenvalue weighted by molar-refractivity contribution is 6.30. The molecule has 1 aliphatic heterocycles. The van der Waals surface area contributed by atoms with Gasteiger partial charge in [-0.3, -0.25) is 14.4 Å². The van der Waals surface area contributed by atoms with Gasteiger partial charge in [0.1, 0.15) is 0 Å². The molecule has 0 saturated carbocycles. The standard InChI is InChI=1S/C16H19ClN2O4/c1-10(14(18)20)23-16(22)12-3-2-8-19(9-12)15(21)11-4-6-13(17)7-5-11/h4-7,10,12H,2-3,8-9H2,1H3,(H2,18,20)/t10-,12-/m0/s1. The number of hydrogen-bond donors (Lipinski definition) is 1. The second kappa shape index (κ2) is 7.46. The number of halogens is 1. The lowest BCUT2D eigenvalue weighted by molar-refractivity contribution is -0.159. The number of nitrogens with two attached hydrogens (primary N) is 1. The third-order valence-electron chi connectivity index (χ3n) is 3.83. The lowest BCUT2D eigenvalue weighted by Gasteiger charge is -2.32. The van der Waals surface area contributed by atoms with Gasteiger partial charge in [0.05, 0.1) is 5.92 Å². The van der Waals surface area contributed by atoms with Crippen molar-refractivity contribution in [3.8, 4) is 0 Å². The first kappa shape index (κ1) is 17.3. The third kappa shape index (κ3) is 4.45. The fraction of sp³-hybridized carbons (Fsp3) is 0.438. The Morgan fingerprint density at radius 2 is 1.96 bits per heavy atom. The summed E-state index contributed by atoms with van der Waals surface area (Å²) in [5.74, 6) is -1.78. The fourth-order valence-corrected chi connectivity index (χ4v) is 2.58. The maximum Gasteiger partial charge on any atom is 0.311 e. The number of esters is 1. The van der Waals surface area contributed by atoms with Crippen LogP contribution in [-0.4, -0.2) is 41.9 Å². The normalized spacial score (nSPS) is 19.0. The predicted molar refractivity (Wildman–Crippen MR) is 84.8 cm³/mol. The molecule has 1 aromatic rings. The smallest absolute Gasteiger partial charge is 0.311 e. The van der Waals surface area contributed by atoms with Crippen LogP contribution >= 0.6 is 11.6 Å². The molecule has 7 heteroatoms. The summed E-state index contributed by atoms with van der Waals surface area (Å²) < 4.78 is 5.03. The Hall–Kier alpha value is -2.08. The molecule has 2 rings (SSSR count). The zero-order chi connectivity index (χ0) is 17.0. The van der Waals surface area contributed by atoms with E-state index in [0.717, 1.165) is 0 Å². The molecule has 0 bridgehead atoms. The summed E-state index contributed by atoms with van der Waals surface area (Å²) in [5.41, 5.74) is 5.61. The summed E-state index contributed by atoms with van der Waals surface area (Å²) in [7, 11) is 0. The van der Waals surface area contributed by atoms with Gasteiger partial charge in [0.2, 0.25) is 0 Å². The number of carbonyl (C=O) groups is 3. The SMILES string of the molecule is C[C@H](OC(=O)[C@H]1CCCN(C(=O)c2ccc(Cl)cc2)C1)C(N)=O. The van der Waals surface area contributed by atoms with Gasteiger partial charge in [0.15, 0.2) is 6.10 Å². The lowest BCUT2D eigenvalue weighted by Crippen LogP contribution is -2.44. The molecule has 1 fully saturated rings. The summed E-state index contributed by atoms with van der Waals surface area (Å²) in [6.45, 7) is 2.28. The second-order valence-electron chi connectivity index (χ2n) is 5.58. The van der Waals surface area contributed by atoms with Gasteiger partial charge < -0.3 is 15.4 Å². The van der Waals surface area contributed by atoms with E-state index in [-0.39, 0.29) is 12.5 Å². The lowest BCUT2D eigenvalue weighted by atomic mass is 9.97. The molecule has 0 aromatic heterocycles. The number of ether oxygens (including phenoxy) is 1. The maximum atomic E-state index is 12.5. The second-order valence-corrected chi connectivity index (χ2v) is 6.02. The Labute approximate surface area is 139 Å². The number of benzene rings is 1. The quantitative estimate of drug-likeness (QED) is 0.844. The molecule has 1 aliphatic rings. The maximum absolute atomic E-state index is 12.5. The van der Waals surface area contributed by atoms with Gasteiger partial charge in [0, 0.05) is 23.7 Å². The minimum atomic E-state index is -0.968. The molecule has 23 heavy (non-hydrogen) atoms. The summed E-state index contributed by atoms with van der Waals surface area (Å²) >= 11 is 5.82. The molecule has 0 aliphatic carbocycles. The number of primary amides is 1. The monoisotopic (exact) mass is 338 g/mol. The zero-order valence-corrected chi connectivity index (χ0v) is 13.6. The van der Waals surface area contributed by atoms with Crippen LogP contribution in [-0.2, 0) is 14.3 Å². The van der Waals surface area contributed by atoms with Gasteiger partial charge in [-0.05, 0) is 44.0 Å². The first-order valence-corrected chi connectivity index (χ1v) is 7.81. The van der Waals surface area contributed by atoms with Crippen LogP contribution in [0.25, 0.3) is 0 Å².